The number of carbonyl (C=O) groups excluding carboxylic acids is 1. The predicted molar refractivity (Wildman–Crippen MR) is 56.8 cm³/mol. The Hall–Kier alpha value is -0.610. The monoisotopic (exact) mass is 202 g/mol. The molecule has 0 bridgehead atoms. The molecular weight excluding hydrogens is 180 g/mol. The second-order valence-electron chi connectivity index (χ2n) is 4.73. The van der Waals surface area contributed by atoms with Crippen LogP contribution in [0.15, 0.2) is 0 Å². The maximum atomic E-state index is 10.7. The molecule has 4 heteroatoms. The zero-order valence-corrected chi connectivity index (χ0v) is 9.55. The predicted octanol–water partition coefficient (Wildman–Crippen LogP) is 0.391. The number of β-amino-alcohol motifs (C(OH)–C–C–N with tert-alkyl or cyclic N) is 1. The van der Waals surface area contributed by atoms with Crippen LogP contribution in [0.4, 0.5) is 0 Å². The second-order valence-corrected chi connectivity index (χ2v) is 4.73. The molecule has 0 aliphatic rings. The van der Waals surface area contributed by atoms with Crippen molar-refractivity contribution in [2.75, 3.05) is 6.54 Å². The van der Waals surface area contributed by atoms with E-state index in [2.05, 4.69) is 5.32 Å². The third kappa shape index (κ3) is 5.94. The number of hydrogen-bond donors (Lipinski definition) is 3. The molecule has 0 fully saturated rings. The Morgan fingerprint density at radius 1 is 1.43 bits per heavy atom. The molecule has 0 saturated carbocycles. The average Bonchev–Trinajstić information content (AvgIpc) is 1.99. The Labute approximate surface area is 85.9 Å². The third-order valence-electron chi connectivity index (χ3n) is 2.33. The molecule has 0 aromatic heterocycles. The van der Waals surface area contributed by atoms with E-state index < -0.39 is 5.60 Å². The highest BCUT2D eigenvalue weighted by Gasteiger charge is 2.24. The minimum absolute atomic E-state index is 0.271. The largest absolute Gasteiger partial charge is 0.389 e. The summed E-state index contributed by atoms with van der Waals surface area (Å²) in [6, 6.07) is 0. The number of hydrogen-bond acceptors (Lipinski definition) is 3. The SMILES string of the molecule is CCC(C)(O)CNC(C)(C)CC(N)=O. The lowest BCUT2D eigenvalue weighted by Crippen LogP contribution is -2.49. The van der Waals surface area contributed by atoms with Crippen LogP contribution in [0.3, 0.4) is 0 Å². The Morgan fingerprint density at radius 2 is 1.93 bits per heavy atom. The van der Waals surface area contributed by atoms with Crippen LogP contribution >= 0.6 is 0 Å². The Kier molecular flexibility index (Phi) is 4.55. The van der Waals surface area contributed by atoms with Gasteiger partial charge in [0.1, 0.15) is 0 Å². The second kappa shape index (κ2) is 4.75. The Morgan fingerprint density at radius 3 is 2.29 bits per heavy atom. The van der Waals surface area contributed by atoms with Crippen molar-refractivity contribution >= 4 is 5.91 Å². The first-order chi connectivity index (χ1) is 6.18. The van der Waals surface area contributed by atoms with E-state index in [-0.39, 0.29) is 17.9 Å². The molecule has 1 amide bonds. The first-order valence-corrected chi connectivity index (χ1v) is 4.94. The molecule has 4 nitrogen and oxygen atoms in total. The first-order valence-electron chi connectivity index (χ1n) is 4.94. The molecule has 0 saturated heterocycles. The van der Waals surface area contributed by atoms with Crippen molar-refractivity contribution in [1.29, 1.82) is 0 Å². The van der Waals surface area contributed by atoms with Crippen molar-refractivity contribution in [3.63, 3.8) is 0 Å². The van der Waals surface area contributed by atoms with Gasteiger partial charge in [-0.2, -0.15) is 0 Å². The summed E-state index contributed by atoms with van der Waals surface area (Å²) in [5.41, 5.74) is 4.03. The van der Waals surface area contributed by atoms with Crippen LogP contribution in [0.2, 0.25) is 0 Å². The fourth-order valence-electron chi connectivity index (χ4n) is 1.05. The first kappa shape index (κ1) is 13.4. The summed E-state index contributed by atoms with van der Waals surface area (Å²) in [4.78, 5) is 10.7. The van der Waals surface area contributed by atoms with Gasteiger partial charge in [0.25, 0.3) is 0 Å². The molecule has 1 unspecified atom stereocenters. The van der Waals surface area contributed by atoms with E-state index in [0.29, 0.717) is 13.0 Å². The van der Waals surface area contributed by atoms with E-state index in [0.717, 1.165) is 0 Å². The summed E-state index contributed by atoms with van der Waals surface area (Å²) in [5, 5.41) is 12.9. The number of primary amides is 1. The highest BCUT2D eigenvalue weighted by atomic mass is 16.3. The number of nitrogens with one attached hydrogen (secondary N) is 1. The van der Waals surface area contributed by atoms with Gasteiger partial charge in [0.05, 0.1) is 5.60 Å². The number of carbonyl (C=O) groups is 1. The lowest BCUT2D eigenvalue weighted by Gasteiger charge is -2.30. The highest BCUT2D eigenvalue weighted by Crippen LogP contribution is 2.12. The smallest absolute Gasteiger partial charge is 0.219 e. The molecule has 0 rings (SSSR count). The molecule has 1 atom stereocenters. The van der Waals surface area contributed by atoms with Crippen LogP contribution in [0.25, 0.3) is 0 Å². The number of rotatable bonds is 6. The maximum absolute atomic E-state index is 10.7. The van der Waals surface area contributed by atoms with Crippen molar-refractivity contribution < 1.29 is 9.90 Å². The van der Waals surface area contributed by atoms with Crippen LogP contribution in [0.1, 0.15) is 40.5 Å². The van der Waals surface area contributed by atoms with Gasteiger partial charge in [0.2, 0.25) is 5.91 Å². The fourth-order valence-corrected chi connectivity index (χ4v) is 1.05. The highest BCUT2D eigenvalue weighted by molar-refractivity contribution is 5.74. The van der Waals surface area contributed by atoms with Gasteiger partial charge in [0.15, 0.2) is 0 Å². The van der Waals surface area contributed by atoms with Gasteiger partial charge in [-0.15, -0.1) is 0 Å². The topological polar surface area (TPSA) is 75.3 Å². The molecule has 84 valence electrons. The molecule has 0 spiro atoms. The molecule has 14 heavy (non-hydrogen) atoms. The number of amides is 1. The van der Waals surface area contributed by atoms with Crippen molar-refractivity contribution in [2.24, 2.45) is 5.73 Å². The van der Waals surface area contributed by atoms with Crippen molar-refractivity contribution in [2.45, 2.75) is 51.7 Å². The van der Waals surface area contributed by atoms with Crippen LogP contribution in [0.5, 0.6) is 0 Å². The van der Waals surface area contributed by atoms with Gasteiger partial charge in [0, 0.05) is 18.5 Å². The Bertz CT molecular complexity index is 200. The normalized spacial score (nSPS) is 16.4. The van der Waals surface area contributed by atoms with Crippen molar-refractivity contribution in [3.8, 4) is 0 Å². The average molecular weight is 202 g/mol. The molecule has 0 aromatic rings. The van der Waals surface area contributed by atoms with Gasteiger partial charge in [-0.25, -0.2) is 0 Å². The lowest BCUT2D eigenvalue weighted by atomic mass is 9.97. The Balaban J connectivity index is 4.04. The summed E-state index contributed by atoms with van der Waals surface area (Å²) in [6.45, 7) is 7.93. The molecule has 0 aromatic carbocycles. The fraction of sp³-hybridized carbons (Fsp3) is 0.900. The summed E-state index contributed by atoms with van der Waals surface area (Å²) in [5.74, 6) is -0.335. The van der Waals surface area contributed by atoms with E-state index >= 15 is 0 Å². The molecular formula is C10H22N2O2. The summed E-state index contributed by atoms with van der Waals surface area (Å²) in [6.07, 6.45) is 0.944. The molecule has 0 radical (unpaired) electrons. The van der Waals surface area contributed by atoms with Gasteiger partial charge in [-0.1, -0.05) is 6.92 Å². The quantitative estimate of drug-likeness (QED) is 0.583. The van der Waals surface area contributed by atoms with Gasteiger partial charge < -0.3 is 16.2 Å². The van der Waals surface area contributed by atoms with E-state index in [9.17, 15) is 9.90 Å². The third-order valence-corrected chi connectivity index (χ3v) is 2.33. The molecule has 0 aliphatic carbocycles. The van der Waals surface area contributed by atoms with Crippen LogP contribution in [-0.4, -0.2) is 28.7 Å². The van der Waals surface area contributed by atoms with Crippen LogP contribution < -0.4 is 11.1 Å². The summed E-state index contributed by atoms with van der Waals surface area (Å²) >= 11 is 0. The van der Waals surface area contributed by atoms with Crippen molar-refractivity contribution in [1.82, 2.24) is 5.32 Å². The zero-order chi connectivity index (χ0) is 11.4. The van der Waals surface area contributed by atoms with Crippen molar-refractivity contribution in [3.05, 3.63) is 0 Å². The minimum atomic E-state index is -0.727. The van der Waals surface area contributed by atoms with Gasteiger partial charge >= 0.3 is 0 Å². The van der Waals surface area contributed by atoms with E-state index in [1.807, 2.05) is 20.8 Å². The molecule has 0 aliphatic heterocycles. The number of nitrogens with two attached hydrogens (primary N) is 1. The zero-order valence-electron chi connectivity index (χ0n) is 9.55. The van der Waals surface area contributed by atoms with E-state index in [1.165, 1.54) is 0 Å². The molecule has 0 heterocycles. The summed E-state index contributed by atoms with van der Waals surface area (Å²) < 4.78 is 0. The van der Waals surface area contributed by atoms with Crippen LogP contribution in [-0.2, 0) is 4.79 Å². The lowest BCUT2D eigenvalue weighted by molar-refractivity contribution is -0.119. The minimum Gasteiger partial charge on any atom is -0.389 e. The maximum Gasteiger partial charge on any atom is 0.219 e. The van der Waals surface area contributed by atoms with Gasteiger partial charge in [-0.3, -0.25) is 4.79 Å². The summed E-state index contributed by atoms with van der Waals surface area (Å²) in [7, 11) is 0. The molecule has 4 N–H and O–H groups in total. The van der Waals surface area contributed by atoms with E-state index in [4.69, 9.17) is 5.73 Å². The number of aliphatic hydroxyl groups is 1. The van der Waals surface area contributed by atoms with Crippen LogP contribution in [0, 0.1) is 0 Å². The van der Waals surface area contributed by atoms with Gasteiger partial charge in [-0.05, 0) is 27.2 Å². The standard InChI is InChI=1S/C10H22N2O2/c1-5-10(4,14)7-12-9(2,3)6-8(11)13/h12,14H,5-7H2,1-4H3,(H2,11,13). The van der Waals surface area contributed by atoms with E-state index in [1.54, 1.807) is 6.92 Å².